The summed E-state index contributed by atoms with van der Waals surface area (Å²) < 4.78 is 66.9. The fourth-order valence-corrected chi connectivity index (χ4v) is 5.16. The van der Waals surface area contributed by atoms with E-state index in [0.717, 1.165) is 12.1 Å². The van der Waals surface area contributed by atoms with Crippen LogP contribution < -0.4 is 0 Å². The number of thiocarbonyl (C=S) groups is 2. The summed E-state index contributed by atoms with van der Waals surface area (Å²) >= 11 is 9.51. The van der Waals surface area contributed by atoms with Gasteiger partial charge in [0.25, 0.3) is 20.2 Å². The molecule has 0 heterocycles. The molecule has 0 spiro atoms. The molecule has 2 unspecified atom stereocenters. The summed E-state index contributed by atoms with van der Waals surface area (Å²) in [6, 6.07) is 3.68. The summed E-state index contributed by atoms with van der Waals surface area (Å²) in [5.74, 6) is -0.997. The number of nitriles is 1. The topological polar surface area (TPSA) is 157 Å². The van der Waals surface area contributed by atoms with Crippen molar-refractivity contribution in [2.45, 2.75) is 10.1 Å². The molecule has 2 atom stereocenters. The van der Waals surface area contributed by atoms with Crippen molar-refractivity contribution in [1.82, 2.24) is 0 Å². The molecule has 2 rings (SSSR count). The molecule has 160 valence electrons. The number of thiocyanates is 1. The minimum atomic E-state index is -4.75. The van der Waals surface area contributed by atoms with E-state index in [1.807, 2.05) is 0 Å². The normalized spacial score (nSPS) is 18.9. The van der Waals surface area contributed by atoms with Crippen LogP contribution in [0.3, 0.4) is 0 Å². The highest BCUT2D eigenvalue weighted by Crippen LogP contribution is 2.37. The largest absolute Gasteiger partial charge is 0.295 e. The lowest BCUT2D eigenvalue weighted by molar-refractivity contribution is 0.467. The molecule has 0 saturated heterocycles. The van der Waals surface area contributed by atoms with Gasteiger partial charge in [-0.2, -0.15) is 32.1 Å². The van der Waals surface area contributed by atoms with Gasteiger partial charge in [-0.15, -0.1) is 0 Å². The number of aliphatic imine (C=N–C) groups is 2. The van der Waals surface area contributed by atoms with Crippen LogP contribution in [0.2, 0.25) is 0 Å². The molecule has 1 aliphatic rings. The van der Waals surface area contributed by atoms with Crippen molar-refractivity contribution in [3.8, 4) is 5.40 Å². The summed E-state index contributed by atoms with van der Waals surface area (Å²) in [7, 11) is -9.36. The first-order valence-electron chi connectivity index (χ1n) is 7.93. The zero-order chi connectivity index (χ0) is 23.2. The van der Waals surface area contributed by atoms with Crippen molar-refractivity contribution >= 4 is 77.3 Å². The van der Waals surface area contributed by atoms with Crippen molar-refractivity contribution in [3.63, 3.8) is 0 Å². The van der Waals surface area contributed by atoms with E-state index in [4.69, 9.17) is 0 Å². The first kappa shape index (κ1) is 25.0. The third kappa shape index (κ3) is 6.59. The van der Waals surface area contributed by atoms with Crippen molar-refractivity contribution in [2.24, 2.45) is 15.9 Å². The SMILES string of the molecule is N#CSC(=CC1C=CC(N=C=S)=CC1S(=O)(=O)O)c1ccc(N=C=S)cc1S(=O)(=O)O. The van der Waals surface area contributed by atoms with E-state index in [1.54, 1.807) is 5.40 Å². The predicted octanol–water partition coefficient (Wildman–Crippen LogP) is 3.65. The Morgan fingerprint density at radius 1 is 1.16 bits per heavy atom. The van der Waals surface area contributed by atoms with Crippen LogP contribution in [0.15, 0.2) is 63.1 Å². The molecule has 0 fully saturated rings. The van der Waals surface area contributed by atoms with Gasteiger partial charge in [-0.1, -0.05) is 18.2 Å². The summed E-state index contributed by atoms with van der Waals surface area (Å²) in [5.41, 5.74) is 0.163. The molecule has 0 aliphatic heterocycles. The third-order valence-electron chi connectivity index (χ3n) is 3.91. The van der Waals surface area contributed by atoms with Crippen LogP contribution in [0.4, 0.5) is 5.69 Å². The minimum Gasteiger partial charge on any atom is -0.285 e. The molecule has 31 heavy (non-hydrogen) atoms. The number of nitrogens with zero attached hydrogens (tertiary/aromatic N) is 3. The van der Waals surface area contributed by atoms with Gasteiger partial charge in [0.15, 0.2) is 0 Å². The fourth-order valence-electron chi connectivity index (χ4n) is 2.67. The smallest absolute Gasteiger partial charge is 0.285 e. The monoisotopic (exact) mass is 513 g/mol. The highest BCUT2D eigenvalue weighted by Gasteiger charge is 2.31. The van der Waals surface area contributed by atoms with Gasteiger partial charge in [-0.25, -0.2) is 0 Å². The van der Waals surface area contributed by atoms with Crippen LogP contribution in [0.5, 0.6) is 0 Å². The fraction of sp³-hybridized carbons (Fsp3) is 0.118. The van der Waals surface area contributed by atoms with E-state index < -0.39 is 36.3 Å². The molecule has 0 saturated carbocycles. The molecule has 0 aromatic heterocycles. The first-order valence-corrected chi connectivity index (χ1v) is 12.5. The highest BCUT2D eigenvalue weighted by atomic mass is 32.2. The molecule has 1 aliphatic carbocycles. The first-order chi connectivity index (χ1) is 14.5. The number of rotatable bonds is 7. The maximum Gasteiger partial charge on any atom is 0.295 e. The van der Waals surface area contributed by atoms with Gasteiger partial charge >= 0.3 is 0 Å². The number of benzene rings is 1. The Morgan fingerprint density at radius 2 is 1.84 bits per heavy atom. The van der Waals surface area contributed by atoms with E-state index in [-0.39, 0.29) is 21.9 Å². The number of allylic oxidation sites excluding steroid dienone is 3. The van der Waals surface area contributed by atoms with Crippen molar-refractivity contribution in [3.05, 3.63) is 53.8 Å². The Labute approximate surface area is 193 Å². The molecule has 14 heteroatoms. The second-order valence-electron chi connectivity index (χ2n) is 5.79. The Bertz CT molecular complexity index is 1340. The average molecular weight is 514 g/mol. The quantitative estimate of drug-likeness (QED) is 0.239. The van der Waals surface area contributed by atoms with Gasteiger partial charge in [0.2, 0.25) is 0 Å². The predicted molar refractivity (Wildman–Crippen MR) is 123 cm³/mol. The molecule has 0 amide bonds. The number of thioether (sulfide) groups is 1. The van der Waals surface area contributed by atoms with Crippen LogP contribution in [0, 0.1) is 16.6 Å². The molecule has 9 nitrogen and oxygen atoms in total. The maximum atomic E-state index is 11.9. The van der Waals surface area contributed by atoms with E-state index in [2.05, 4.69) is 44.7 Å². The molecule has 0 bridgehead atoms. The minimum absolute atomic E-state index is 0.0199. The molecule has 1 aromatic rings. The molecule has 2 N–H and O–H groups in total. The summed E-state index contributed by atoms with van der Waals surface area (Å²) in [6.07, 6.45) is 5.24. The second-order valence-corrected chi connectivity index (χ2v) is 9.95. The van der Waals surface area contributed by atoms with Crippen molar-refractivity contribution in [2.75, 3.05) is 0 Å². The van der Waals surface area contributed by atoms with Crippen LogP contribution >= 0.6 is 36.2 Å². The van der Waals surface area contributed by atoms with E-state index >= 15 is 0 Å². The second kappa shape index (κ2) is 10.3. The summed E-state index contributed by atoms with van der Waals surface area (Å²) in [4.78, 5) is 6.78. The number of hydrogen-bond donors (Lipinski definition) is 2. The molecular weight excluding hydrogens is 503 g/mol. The van der Waals surface area contributed by atoms with E-state index in [0.29, 0.717) is 11.8 Å². The van der Waals surface area contributed by atoms with Gasteiger partial charge in [0.1, 0.15) is 15.5 Å². The van der Waals surface area contributed by atoms with Crippen LogP contribution in [-0.2, 0) is 20.2 Å². The Balaban J connectivity index is 2.71. The van der Waals surface area contributed by atoms with E-state index in [1.165, 1.54) is 30.4 Å². The Hall–Kier alpha value is -2.30. The molecular formula is C17H11N3O6S5. The van der Waals surface area contributed by atoms with Crippen molar-refractivity contribution in [1.29, 1.82) is 5.26 Å². The van der Waals surface area contributed by atoms with Gasteiger partial charge in [0.05, 0.1) is 21.7 Å². The van der Waals surface area contributed by atoms with Gasteiger partial charge in [-0.3, -0.25) is 9.11 Å². The average Bonchev–Trinajstić information content (AvgIpc) is 2.68. The Morgan fingerprint density at radius 3 is 2.39 bits per heavy atom. The van der Waals surface area contributed by atoms with Crippen LogP contribution in [0.25, 0.3) is 4.91 Å². The maximum absolute atomic E-state index is 11.9. The Kier molecular flexibility index (Phi) is 8.33. The lowest BCUT2D eigenvalue weighted by atomic mass is 9.97. The van der Waals surface area contributed by atoms with Crippen molar-refractivity contribution < 1.29 is 25.9 Å². The lowest BCUT2D eigenvalue weighted by Gasteiger charge is -2.21. The van der Waals surface area contributed by atoms with Crippen LogP contribution in [0.1, 0.15) is 5.56 Å². The highest BCUT2D eigenvalue weighted by molar-refractivity contribution is 8.12. The lowest BCUT2D eigenvalue weighted by Crippen LogP contribution is -2.27. The number of hydrogen-bond acceptors (Lipinski definition) is 10. The van der Waals surface area contributed by atoms with Gasteiger partial charge in [0, 0.05) is 16.4 Å². The van der Waals surface area contributed by atoms with Gasteiger partial charge < -0.3 is 0 Å². The van der Waals surface area contributed by atoms with Crippen LogP contribution in [-0.4, -0.2) is 41.5 Å². The summed E-state index contributed by atoms with van der Waals surface area (Å²) in [6.45, 7) is 0. The standard InChI is InChI=1S/C17H11N3O6S5/c18-8-29-15(14-4-3-13(20-10-28)7-17(14)31(24,25)26)5-11-1-2-12(19-9-27)6-16(11)30(21,22)23/h1-7,11,16H,(H,21,22,23)(H,24,25,26). The third-order valence-corrected chi connectivity index (χ3v) is 6.79. The van der Waals surface area contributed by atoms with Gasteiger partial charge in [-0.05, 0) is 60.5 Å². The zero-order valence-electron chi connectivity index (χ0n) is 15.1. The zero-order valence-corrected chi connectivity index (χ0v) is 19.2. The molecule has 0 radical (unpaired) electrons. The number of isothiocyanates is 2. The molecule has 1 aromatic carbocycles. The van der Waals surface area contributed by atoms with E-state index in [9.17, 15) is 31.2 Å². The summed E-state index contributed by atoms with van der Waals surface area (Å²) in [5, 5.41) is 13.6.